The predicted octanol–water partition coefficient (Wildman–Crippen LogP) is 3.77. The highest BCUT2D eigenvalue weighted by Crippen LogP contribution is 2.26. The van der Waals surface area contributed by atoms with Crippen molar-refractivity contribution in [3.8, 4) is 5.69 Å². The highest BCUT2D eigenvalue weighted by atomic mass is 15.3. The average molecular weight is 283 g/mol. The largest absolute Gasteiger partial charge is 0.310 e. The van der Waals surface area contributed by atoms with Crippen molar-refractivity contribution in [3.05, 3.63) is 47.3 Å². The summed E-state index contributed by atoms with van der Waals surface area (Å²) in [5, 5.41) is 8.46. The minimum Gasteiger partial charge on any atom is -0.310 e. The summed E-state index contributed by atoms with van der Waals surface area (Å²) >= 11 is 0. The van der Waals surface area contributed by atoms with E-state index in [2.05, 4.69) is 55.0 Å². The molecule has 1 heterocycles. The van der Waals surface area contributed by atoms with Gasteiger partial charge in [-0.3, -0.25) is 0 Å². The zero-order valence-corrected chi connectivity index (χ0v) is 13.3. The number of aromatic nitrogens is 2. The molecule has 3 rings (SSSR count). The molecule has 1 aromatic carbocycles. The van der Waals surface area contributed by atoms with Crippen molar-refractivity contribution in [1.82, 2.24) is 15.1 Å². The van der Waals surface area contributed by atoms with E-state index < -0.39 is 0 Å². The molecule has 0 radical (unpaired) electrons. The maximum atomic E-state index is 4.72. The van der Waals surface area contributed by atoms with Crippen LogP contribution in [0.3, 0.4) is 0 Å². The topological polar surface area (TPSA) is 29.9 Å². The van der Waals surface area contributed by atoms with Gasteiger partial charge in [0.1, 0.15) is 0 Å². The first-order valence-corrected chi connectivity index (χ1v) is 8.00. The van der Waals surface area contributed by atoms with E-state index in [1.165, 1.54) is 30.5 Å². The van der Waals surface area contributed by atoms with Gasteiger partial charge < -0.3 is 5.32 Å². The van der Waals surface area contributed by atoms with E-state index in [1.807, 2.05) is 6.07 Å². The smallest absolute Gasteiger partial charge is 0.0648 e. The maximum absolute atomic E-state index is 4.72. The Kier molecular flexibility index (Phi) is 4.11. The van der Waals surface area contributed by atoms with Gasteiger partial charge in [-0.1, -0.05) is 31.5 Å². The minimum atomic E-state index is 0.670. The minimum absolute atomic E-state index is 0.670. The van der Waals surface area contributed by atoms with Gasteiger partial charge in [-0.25, -0.2) is 4.68 Å². The lowest BCUT2D eigenvalue weighted by Gasteiger charge is -2.17. The standard InChI is InChI=1S/C18H25N3/c1-13-8-7-11-18(13)19-12-17-14(2)20-21(15(17)3)16-9-5-4-6-10-16/h4-6,9-10,13,18-19H,7-8,11-12H2,1-3H3. The molecular weight excluding hydrogens is 258 g/mol. The predicted molar refractivity (Wildman–Crippen MR) is 86.7 cm³/mol. The second-order valence-corrected chi connectivity index (χ2v) is 6.29. The van der Waals surface area contributed by atoms with E-state index in [9.17, 15) is 0 Å². The second kappa shape index (κ2) is 6.02. The van der Waals surface area contributed by atoms with E-state index in [0.29, 0.717) is 6.04 Å². The van der Waals surface area contributed by atoms with Crippen LogP contribution in [0.1, 0.15) is 43.1 Å². The number of benzene rings is 1. The SMILES string of the molecule is Cc1nn(-c2ccccc2)c(C)c1CNC1CCCC1C. The van der Waals surface area contributed by atoms with E-state index in [-0.39, 0.29) is 0 Å². The molecule has 0 aliphatic heterocycles. The lowest BCUT2D eigenvalue weighted by atomic mass is 10.1. The lowest BCUT2D eigenvalue weighted by molar-refractivity contribution is 0.425. The highest BCUT2D eigenvalue weighted by Gasteiger charge is 2.23. The van der Waals surface area contributed by atoms with Crippen molar-refractivity contribution in [2.75, 3.05) is 0 Å². The van der Waals surface area contributed by atoms with E-state index in [1.54, 1.807) is 0 Å². The summed E-state index contributed by atoms with van der Waals surface area (Å²) in [6.07, 6.45) is 4.03. The molecule has 1 fully saturated rings. The number of para-hydroxylation sites is 1. The summed E-state index contributed by atoms with van der Waals surface area (Å²) in [5.74, 6) is 0.801. The Morgan fingerprint density at radius 3 is 2.62 bits per heavy atom. The van der Waals surface area contributed by atoms with Crippen LogP contribution in [0.25, 0.3) is 5.69 Å². The van der Waals surface area contributed by atoms with Gasteiger partial charge >= 0.3 is 0 Å². The van der Waals surface area contributed by atoms with Gasteiger partial charge in [0.05, 0.1) is 11.4 Å². The molecule has 1 aromatic heterocycles. The Bertz CT molecular complexity index is 600. The number of rotatable bonds is 4. The Labute approximate surface area is 127 Å². The van der Waals surface area contributed by atoms with E-state index in [0.717, 1.165) is 23.8 Å². The number of nitrogens with zero attached hydrogens (tertiary/aromatic N) is 2. The summed E-state index contributed by atoms with van der Waals surface area (Å²) in [7, 11) is 0. The average Bonchev–Trinajstić information content (AvgIpc) is 3.02. The van der Waals surface area contributed by atoms with Crippen LogP contribution in [0, 0.1) is 19.8 Å². The molecular formula is C18H25N3. The summed E-state index contributed by atoms with van der Waals surface area (Å²) in [4.78, 5) is 0. The molecule has 1 aliphatic carbocycles. The summed E-state index contributed by atoms with van der Waals surface area (Å²) in [6.45, 7) is 7.57. The van der Waals surface area contributed by atoms with Gasteiger partial charge in [0.15, 0.2) is 0 Å². The number of nitrogens with one attached hydrogen (secondary N) is 1. The van der Waals surface area contributed by atoms with E-state index in [4.69, 9.17) is 5.10 Å². The fraction of sp³-hybridized carbons (Fsp3) is 0.500. The van der Waals surface area contributed by atoms with Crippen LogP contribution in [-0.2, 0) is 6.54 Å². The number of hydrogen-bond acceptors (Lipinski definition) is 2. The Balaban J connectivity index is 1.78. The molecule has 0 amide bonds. The lowest BCUT2D eigenvalue weighted by Crippen LogP contribution is -2.30. The van der Waals surface area contributed by atoms with Gasteiger partial charge in [-0.05, 0) is 44.7 Å². The van der Waals surface area contributed by atoms with Crippen LogP contribution in [0.2, 0.25) is 0 Å². The molecule has 0 bridgehead atoms. The van der Waals surface area contributed by atoms with Crippen molar-refractivity contribution < 1.29 is 0 Å². The van der Waals surface area contributed by atoms with Gasteiger partial charge in [0, 0.05) is 23.8 Å². The fourth-order valence-corrected chi connectivity index (χ4v) is 3.43. The van der Waals surface area contributed by atoms with Crippen molar-refractivity contribution >= 4 is 0 Å². The molecule has 0 saturated heterocycles. The van der Waals surface area contributed by atoms with Crippen LogP contribution in [0.4, 0.5) is 0 Å². The Morgan fingerprint density at radius 1 is 1.19 bits per heavy atom. The number of aryl methyl sites for hydroxylation is 1. The second-order valence-electron chi connectivity index (χ2n) is 6.29. The molecule has 2 unspecified atom stereocenters. The van der Waals surface area contributed by atoms with E-state index >= 15 is 0 Å². The molecule has 2 aromatic rings. The number of hydrogen-bond donors (Lipinski definition) is 1. The summed E-state index contributed by atoms with van der Waals surface area (Å²) in [6, 6.07) is 11.0. The third-order valence-corrected chi connectivity index (χ3v) is 4.84. The Morgan fingerprint density at radius 2 is 1.95 bits per heavy atom. The summed E-state index contributed by atoms with van der Waals surface area (Å²) in [5.41, 5.74) is 4.86. The van der Waals surface area contributed by atoms with Crippen LogP contribution >= 0.6 is 0 Å². The Hall–Kier alpha value is -1.61. The normalized spacial score (nSPS) is 21.9. The molecule has 21 heavy (non-hydrogen) atoms. The van der Waals surface area contributed by atoms with Gasteiger partial charge in [0.2, 0.25) is 0 Å². The molecule has 1 aliphatic rings. The van der Waals surface area contributed by atoms with Crippen LogP contribution in [0.5, 0.6) is 0 Å². The first-order valence-electron chi connectivity index (χ1n) is 8.00. The van der Waals surface area contributed by atoms with Gasteiger partial charge in [-0.15, -0.1) is 0 Å². The highest BCUT2D eigenvalue weighted by molar-refractivity contribution is 5.36. The third kappa shape index (κ3) is 2.88. The van der Waals surface area contributed by atoms with Gasteiger partial charge in [0.25, 0.3) is 0 Å². The molecule has 3 nitrogen and oxygen atoms in total. The third-order valence-electron chi connectivity index (χ3n) is 4.84. The fourth-order valence-electron chi connectivity index (χ4n) is 3.43. The van der Waals surface area contributed by atoms with Crippen molar-refractivity contribution in [2.45, 2.75) is 52.6 Å². The molecule has 112 valence electrons. The van der Waals surface area contributed by atoms with Crippen LogP contribution in [0.15, 0.2) is 30.3 Å². The van der Waals surface area contributed by atoms with Crippen molar-refractivity contribution in [2.24, 2.45) is 5.92 Å². The van der Waals surface area contributed by atoms with Crippen molar-refractivity contribution in [1.29, 1.82) is 0 Å². The summed E-state index contributed by atoms with van der Waals surface area (Å²) < 4.78 is 2.06. The quantitative estimate of drug-likeness (QED) is 0.925. The van der Waals surface area contributed by atoms with Crippen molar-refractivity contribution in [3.63, 3.8) is 0 Å². The first kappa shape index (κ1) is 14.3. The molecule has 3 heteroatoms. The van der Waals surface area contributed by atoms with Crippen LogP contribution in [-0.4, -0.2) is 15.8 Å². The zero-order chi connectivity index (χ0) is 14.8. The zero-order valence-electron chi connectivity index (χ0n) is 13.3. The molecule has 1 saturated carbocycles. The van der Waals surface area contributed by atoms with Gasteiger partial charge in [-0.2, -0.15) is 5.10 Å². The molecule has 0 spiro atoms. The molecule has 1 N–H and O–H groups in total. The monoisotopic (exact) mass is 283 g/mol. The first-order chi connectivity index (χ1) is 10.2. The molecule has 2 atom stereocenters. The van der Waals surface area contributed by atoms with Crippen LogP contribution < -0.4 is 5.32 Å². The maximum Gasteiger partial charge on any atom is 0.0648 e.